The number of benzene rings is 1. The lowest BCUT2D eigenvalue weighted by Crippen LogP contribution is -2.03. The molecule has 1 rings (SSSR count). The van der Waals surface area contributed by atoms with E-state index in [-0.39, 0.29) is 5.57 Å². The van der Waals surface area contributed by atoms with Crippen LogP contribution in [0, 0.1) is 0 Å². The van der Waals surface area contributed by atoms with Gasteiger partial charge in [-0.3, -0.25) is 0 Å². The van der Waals surface area contributed by atoms with Crippen molar-refractivity contribution >= 4 is 17.5 Å². The molecule has 0 heterocycles. The molecule has 0 bridgehead atoms. The summed E-state index contributed by atoms with van der Waals surface area (Å²) in [7, 11) is 0. The van der Waals surface area contributed by atoms with Crippen molar-refractivity contribution in [2.45, 2.75) is 0 Å². The van der Waals surface area contributed by atoms with Crippen molar-refractivity contribution in [1.82, 2.24) is 0 Å². The standard InChI is InChI=1S/C12H10O5/c13-10(14)7-6-9(11(15)12(16)17)8-4-2-1-3-5-8/h1-7,15H,(H,13,14)(H,16,17)/b7-6+,11-9-. The summed E-state index contributed by atoms with van der Waals surface area (Å²) in [6.45, 7) is 0. The average molecular weight is 234 g/mol. The third kappa shape index (κ3) is 3.49. The van der Waals surface area contributed by atoms with E-state index in [2.05, 4.69) is 0 Å². The Morgan fingerprint density at radius 1 is 0.941 bits per heavy atom. The Labute approximate surface area is 96.9 Å². The molecular formula is C12H10O5. The van der Waals surface area contributed by atoms with Crippen molar-refractivity contribution in [3.63, 3.8) is 0 Å². The zero-order valence-corrected chi connectivity index (χ0v) is 8.70. The van der Waals surface area contributed by atoms with Crippen molar-refractivity contribution in [3.8, 4) is 0 Å². The topological polar surface area (TPSA) is 94.8 Å². The van der Waals surface area contributed by atoms with Gasteiger partial charge < -0.3 is 15.3 Å². The van der Waals surface area contributed by atoms with Gasteiger partial charge in [-0.2, -0.15) is 0 Å². The van der Waals surface area contributed by atoms with Gasteiger partial charge in [0, 0.05) is 11.6 Å². The summed E-state index contributed by atoms with van der Waals surface area (Å²) in [6, 6.07) is 8.17. The molecule has 5 heteroatoms. The first-order chi connectivity index (χ1) is 8.02. The molecule has 1 aromatic rings. The van der Waals surface area contributed by atoms with E-state index in [4.69, 9.17) is 10.2 Å². The first-order valence-electron chi connectivity index (χ1n) is 4.65. The van der Waals surface area contributed by atoms with Crippen molar-refractivity contribution in [3.05, 3.63) is 53.8 Å². The molecule has 0 amide bonds. The second-order valence-electron chi connectivity index (χ2n) is 3.11. The second kappa shape index (κ2) is 5.50. The average Bonchev–Trinajstić information content (AvgIpc) is 2.30. The first-order valence-corrected chi connectivity index (χ1v) is 4.65. The number of carboxylic acids is 2. The maximum atomic E-state index is 10.7. The SMILES string of the molecule is O=C(O)/C=C/C(=C(/O)C(=O)O)c1ccccc1. The first kappa shape index (κ1) is 12.5. The minimum atomic E-state index is -1.51. The lowest BCUT2D eigenvalue weighted by atomic mass is 10.0. The van der Waals surface area contributed by atoms with Gasteiger partial charge in [0.2, 0.25) is 5.76 Å². The Morgan fingerprint density at radius 3 is 2.00 bits per heavy atom. The molecule has 0 fully saturated rings. The molecule has 0 aliphatic heterocycles. The van der Waals surface area contributed by atoms with E-state index >= 15 is 0 Å². The fourth-order valence-electron chi connectivity index (χ4n) is 1.20. The van der Waals surface area contributed by atoms with Crippen LogP contribution < -0.4 is 0 Å². The molecule has 17 heavy (non-hydrogen) atoms. The lowest BCUT2D eigenvalue weighted by molar-refractivity contribution is -0.135. The van der Waals surface area contributed by atoms with Gasteiger partial charge in [0.05, 0.1) is 0 Å². The van der Waals surface area contributed by atoms with Gasteiger partial charge in [-0.05, 0) is 11.6 Å². The van der Waals surface area contributed by atoms with Crippen LogP contribution in [0.25, 0.3) is 5.57 Å². The Hall–Kier alpha value is -2.56. The summed E-state index contributed by atoms with van der Waals surface area (Å²) in [5, 5.41) is 26.6. The highest BCUT2D eigenvalue weighted by Gasteiger charge is 2.12. The number of hydrogen-bond acceptors (Lipinski definition) is 3. The predicted molar refractivity (Wildman–Crippen MR) is 60.4 cm³/mol. The number of aliphatic hydroxyl groups excluding tert-OH is 1. The fourth-order valence-corrected chi connectivity index (χ4v) is 1.20. The molecule has 0 radical (unpaired) electrons. The van der Waals surface area contributed by atoms with Gasteiger partial charge >= 0.3 is 11.9 Å². The zero-order valence-electron chi connectivity index (χ0n) is 8.70. The Morgan fingerprint density at radius 2 is 1.53 bits per heavy atom. The largest absolute Gasteiger partial charge is 0.501 e. The van der Waals surface area contributed by atoms with Crippen molar-refractivity contribution in [2.75, 3.05) is 0 Å². The molecule has 0 aliphatic rings. The number of allylic oxidation sites excluding steroid dienone is 2. The molecule has 0 saturated carbocycles. The molecule has 0 atom stereocenters. The summed E-state index contributed by atoms with van der Waals surface area (Å²) in [4.78, 5) is 21.1. The number of aliphatic hydroxyl groups is 1. The van der Waals surface area contributed by atoms with E-state index in [9.17, 15) is 14.7 Å². The fraction of sp³-hybridized carbons (Fsp3) is 0. The molecule has 0 aromatic heterocycles. The lowest BCUT2D eigenvalue weighted by Gasteiger charge is -2.03. The van der Waals surface area contributed by atoms with Crippen LogP contribution in [0.2, 0.25) is 0 Å². The number of aliphatic carboxylic acids is 2. The molecule has 3 N–H and O–H groups in total. The quantitative estimate of drug-likeness (QED) is 0.418. The molecule has 5 nitrogen and oxygen atoms in total. The van der Waals surface area contributed by atoms with Crippen LogP contribution in [-0.4, -0.2) is 27.3 Å². The molecule has 0 unspecified atom stereocenters. The van der Waals surface area contributed by atoms with Crippen LogP contribution in [0.1, 0.15) is 5.56 Å². The van der Waals surface area contributed by atoms with Crippen molar-refractivity contribution in [2.24, 2.45) is 0 Å². The molecule has 0 saturated heterocycles. The Balaban J connectivity index is 3.26. The van der Waals surface area contributed by atoms with Crippen molar-refractivity contribution < 1.29 is 24.9 Å². The zero-order chi connectivity index (χ0) is 12.8. The van der Waals surface area contributed by atoms with E-state index in [1.165, 1.54) is 0 Å². The molecule has 1 aromatic carbocycles. The van der Waals surface area contributed by atoms with Crippen LogP contribution >= 0.6 is 0 Å². The van der Waals surface area contributed by atoms with Crippen LogP contribution in [0.5, 0.6) is 0 Å². The maximum absolute atomic E-state index is 10.7. The molecule has 0 spiro atoms. The van der Waals surface area contributed by atoms with Crippen LogP contribution in [0.3, 0.4) is 0 Å². The number of rotatable bonds is 4. The number of carbonyl (C=O) groups is 2. The Kier molecular flexibility index (Phi) is 4.05. The monoisotopic (exact) mass is 234 g/mol. The number of hydrogen-bond donors (Lipinski definition) is 3. The summed E-state index contributed by atoms with van der Waals surface area (Å²) in [5.41, 5.74) is 0.366. The van der Waals surface area contributed by atoms with E-state index in [1.807, 2.05) is 0 Å². The summed E-state index contributed by atoms with van der Waals surface area (Å²) in [6.07, 6.45) is 1.81. The highest BCUT2D eigenvalue weighted by Crippen LogP contribution is 2.19. The Bertz CT molecular complexity index is 485. The summed E-state index contributed by atoms with van der Waals surface area (Å²) in [5.74, 6) is -3.63. The summed E-state index contributed by atoms with van der Waals surface area (Å²) < 4.78 is 0. The van der Waals surface area contributed by atoms with Gasteiger partial charge in [0.25, 0.3) is 0 Å². The molecule has 88 valence electrons. The molecule has 0 aliphatic carbocycles. The van der Waals surface area contributed by atoms with Crippen molar-refractivity contribution in [1.29, 1.82) is 0 Å². The van der Waals surface area contributed by atoms with E-state index in [0.29, 0.717) is 5.56 Å². The van der Waals surface area contributed by atoms with Crippen LogP contribution in [-0.2, 0) is 9.59 Å². The van der Waals surface area contributed by atoms with E-state index in [0.717, 1.165) is 12.2 Å². The van der Waals surface area contributed by atoms with Gasteiger partial charge in [-0.1, -0.05) is 30.3 Å². The van der Waals surface area contributed by atoms with Crippen LogP contribution in [0.4, 0.5) is 0 Å². The minimum Gasteiger partial charge on any atom is -0.501 e. The van der Waals surface area contributed by atoms with E-state index in [1.54, 1.807) is 30.3 Å². The van der Waals surface area contributed by atoms with Crippen LogP contribution in [0.15, 0.2) is 48.2 Å². The second-order valence-corrected chi connectivity index (χ2v) is 3.11. The maximum Gasteiger partial charge on any atom is 0.371 e. The highest BCUT2D eigenvalue weighted by atomic mass is 16.4. The predicted octanol–water partition coefficient (Wildman–Crippen LogP) is 1.68. The van der Waals surface area contributed by atoms with Gasteiger partial charge in [-0.25, -0.2) is 9.59 Å². The van der Waals surface area contributed by atoms with E-state index < -0.39 is 17.7 Å². The number of carboxylic acid groups (broad SMARTS) is 2. The van der Waals surface area contributed by atoms with Gasteiger partial charge in [-0.15, -0.1) is 0 Å². The molecular weight excluding hydrogens is 224 g/mol. The third-order valence-electron chi connectivity index (χ3n) is 1.94. The smallest absolute Gasteiger partial charge is 0.371 e. The highest BCUT2D eigenvalue weighted by molar-refractivity contribution is 5.98. The normalized spacial score (nSPS) is 12.2. The van der Waals surface area contributed by atoms with Gasteiger partial charge in [0.15, 0.2) is 0 Å². The minimum absolute atomic E-state index is 0.0551. The van der Waals surface area contributed by atoms with Gasteiger partial charge in [0.1, 0.15) is 0 Å². The third-order valence-corrected chi connectivity index (χ3v) is 1.94. The summed E-state index contributed by atoms with van der Waals surface area (Å²) >= 11 is 0.